The van der Waals surface area contributed by atoms with Gasteiger partial charge in [-0.1, -0.05) is 42.5 Å². The van der Waals surface area contributed by atoms with Gasteiger partial charge in [0.05, 0.1) is 5.02 Å². The van der Waals surface area contributed by atoms with Gasteiger partial charge in [-0.15, -0.1) is 0 Å². The summed E-state index contributed by atoms with van der Waals surface area (Å²) in [6.45, 7) is -0.278. The van der Waals surface area contributed by atoms with Gasteiger partial charge in [-0.2, -0.15) is 8.42 Å². The molecule has 1 spiro atoms. The molecule has 1 aromatic carbocycles. The molecule has 0 radical (unpaired) electrons. The molecule has 3 amide bonds. The molecule has 2 aliphatic rings. The van der Waals surface area contributed by atoms with Crippen LogP contribution in [0, 0.1) is 0 Å². The van der Waals surface area contributed by atoms with E-state index in [-0.39, 0.29) is 23.2 Å². The molecule has 26 heavy (non-hydrogen) atoms. The number of amides is 3. The summed E-state index contributed by atoms with van der Waals surface area (Å²) in [5, 5.41) is 3.13. The molecular formula is C16H18Cl2N2O5S. The summed E-state index contributed by atoms with van der Waals surface area (Å²) in [6.07, 6.45) is 3.90. The number of carbonyl (C=O) groups is 2. The van der Waals surface area contributed by atoms with Gasteiger partial charge < -0.3 is 9.50 Å². The second-order valence-corrected chi connectivity index (χ2v) is 8.98. The molecule has 0 aromatic heterocycles. The Bertz CT molecular complexity index is 837. The Kier molecular flexibility index (Phi) is 5.37. The zero-order valence-corrected chi connectivity index (χ0v) is 16.2. The number of nitrogens with zero attached hydrogens (tertiary/aromatic N) is 1. The standard InChI is InChI=1S/C16H18Cl2N2O5S/c17-11-4-5-13(12(18)10-11)25-26(23,24)9-8-20-14(21)16(19-15(20)22)6-2-1-3-7-16/h4-5,10H,1-3,6-9H2,(H,19,22). The molecule has 0 atom stereocenters. The Morgan fingerprint density at radius 3 is 2.50 bits per heavy atom. The fourth-order valence-corrected chi connectivity index (χ4v) is 4.70. The number of nitrogens with one attached hydrogen (secondary N) is 1. The van der Waals surface area contributed by atoms with Gasteiger partial charge in [0, 0.05) is 11.6 Å². The van der Waals surface area contributed by atoms with E-state index in [0.29, 0.717) is 17.9 Å². The Balaban J connectivity index is 1.66. The third-order valence-electron chi connectivity index (χ3n) is 4.63. The first-order chi connectivity index (χ1) is 12.2. The van der Waals surface area contributed by atoms with Crippen molar-refractivity contribution in [1.29, 1.82) is 0 Å². The molecule has 3 rings (SSSR count). The van der Waals surface area contributed by atoms with Crippen LogP contribution in [0.5, 0.6) is 5.75 Å². The van der Waals surface area contributed by atoms with Crippen LogP contribution in [0.3, 0.4) is 0 Å². The lowest BCUT2D eigenvalue weighted by atomic mass is 9.82. The molecule has 10 heteroatoms. The van der Waals surface area contributed by atoms with Crippen molar-refractivity contribution in [3.63, 3.8) is 0 Å². The van der Waals surface area contributed by atoms with E-state index in [9.17, 15) is 18.0 Å². The summed E-state index contributed by atoms with van der Waals surface area (Å²) < 4.78 is 29.3. The number of carbonyl (C=O) groups excluding carboxylic acids is 2. The lowest BCUT2D eigenvalue weighted by molar-refractivity contribution is -0.132. The highest BCUT2D eigenvalue weighted by Gasteiger charge is 2.51. The van der Waals surface area contributed by atoms with E-state index in [1.165, 1.54) is 18.2 Å². The molecular weight excluding hydrogens is 403 g/mol. The monoisotopic (exact) mass is 420 g/mol. The third-order valence-corrected chi connectivity index (χ3v) is 6.28. The van der Waals surface area contributed by atoms with Gasteiger partial charge in [0.15, 0.2) is 5.75 Å². The van der Waals surface area contributed by atoms with Crippen LogP contribution in [-0.4, -0.2) is 43.1 Å². The average Bonchev–Trinajstić information content (AvgIpc) is 2.79. The van der Waals surface area contributed by atoms with Crippen LogP contribution >= 0.6 is 23.2 Å². The van der Waals surface area contributed by atoms with Crippen molar-refractivity contribution in [1.82, 2.24) is 10.2 Å². The lowest BCUT2D eigenvalue weighted by Gasteiger charge is -2.30. The number of hydrogen-bond donors (Lipinski definition) is 1. The van der Waals surface area contributed by atoms with E-state index in [0.717, 1.165) is 24.2 Å². The van der Waals surface area contributed by atoms with Gasteiger partial charge in [-0.3, -0.25) is 9.69 Å². The second-order valence-electron chi connectivity index (χ2n) is 6.45. The van der Waals surface area contributed by atoms with Crippen LogP contribution in [0.15, 0.2) is 18.2 Å². The fraction of sp³-hybridized carbons (Fsp3) is 0.500. The first kappa shape index (κ1) is 19.3. The smallest absolute Gasteiger partial charge is 0.325 e. The third kappa shape index (κ3) is 3.92. The molecule has 1 heterocycles. The van der Waals surface area contributed by atoms with Gasteiger partial charge in [0.1, 0.15) is 11.3 Å². The van der Waals surface area contributed by atoms with Crippen molar-refractivity contribution in [3.05, 3.63) is 28.2 Å². The number of rotatable bonds is 5. The summed E-state index contributed by atoms with van der Waals surface area (Å²) in [6, 6.07) is 3.59. The highest BCUT2D eigenvalue weighted by molar-refractivity contribution is 7.87. The number of benzene rings is 1. The molecule has 1 saturated carbocycles. The van der Waals surface area contributed by atoms with Gasteiger partial charge in [-0.05, 0) is 31.0 Å². The van der Waals surface area contributed by atoms with Crippen LogP contribution in [0.1, 0.15) is 32.1 Å². The highest BCUT2D eigenvalue weighted by atomic mass is 35.5. The van der Waals surface area contributed by atoms with Gasteiger partial charge in [0.2, 0.25) is 0 Å². The van der Waals surface area contributed by atoms with Crippen LogP contribution in [0.2, 0.25) is 10.0 Å². The summed E-state index contributed by atoms with van der Waals surface area (Å²) >= 11 is 11.7. The number of imide groups is 1. The van der Waals surface area contributed by atoms with E-state index in [4.69, 9.17) is 27.4 Å². The SMILES string of the molecule is O=C1NC2(CCCCC2)C(=O)N1CCS(=O)(=O)Oc1ccc(Cl)cc1Cl. The maximum atomic E-state index is 12.6. The van der Waals surface area contributed by atoms with E-state index in [2.05, 4.69) is 5.32 Å². The zero-order valence-electron chi connectivity index (χ0n) is 13.8. The highest BCUT2D eigenvalue weighted by Crippen LogP contribution is 2.34. The first-order valence-electron chi connectivity index (χ1n) is 8.24. The van der Waals surface area contributed by atoms with Crippen molar-refractivity contribution >= 4 is 45.3 Å². The van der Waals surface area contributed by atoms with Crippen molar-refractivity contribution in [2.75, 3.05) is 12.3 Å². The molecule has 0 unspecified atom stereocenters. The molecule has 1 aliphatic carbocycles. The topological polar surface area (TPSA) is 92.8 Å². The molecule has 142 valence electrons. The maximum Gasteiger partial charge on any atom is 0.325 e. The zero-order chi connectivity index (χ0) is 18.9. The van der Waals surface area contributed by atoms with Gasteiger partial charge >= 0.3 is 16.1 Å². The van der Waals surface area contributed by atoms with Crippen LogP contribution in [-0.2, 0) is 14.9 Å². The van der Waals surface area contributed by atoms with Crippen LogP contribution in [0.25, 0.3) is 0 Å². The van der Waals surface area contributed by atoms with Crippen molar-refractivity contribution < 1.29 is 22.2 Å². The summed E-state index contributed by atoms with van der Waals surface area (Å²) in [5.74, 6) is -0.944. The van der Waals surface area contributed by atoms with E-state index in [1.54, 1.807) is 0 Å². The predicted octanol–water partition coefficient (Wildman–Crippen LogP) is 2.96. The molecule has 1 aromatic rings. The van der Waals surface area contributed by atoms with Crippen molar-refractivity contribution in [2.24, 2.45) is 0 Å². The van der Waals surface area contributed by atoms with E-state index >= 15 is 0 Å². The Morgan fingerprint density at radius 2 is 1.85 bits per heavy atom. The number of halogens is 2. The van der Waals surface area contributed by atoms with Gasteiger partial charge in [0.25, 0.3) is 5.91 Å². The van der Waals surface area contributed by atoms with Crippen molar-refractivity contribution in [3.8, 4) is 5.75 Å². The lowest BCUT2D eigenvalue weighted by Crippen LogP contribution is -2.48. The van der Waals surface area contributed by atoms with Gasteiger partial charge in [-0.25, -0.2) is 4.79 Å². The minimum atomic E-state index is -4.05. The van der Waals surface area contributed by atoms with E-state index < -0.39 is 27.4 Å². The quantitative estimate of drug-likeness (QED) is 0.583. The maximum absolute atomic E-state index is 12.6. The average molecular weight is 421 g/mol. The predicted molar refractivity (Wildman–Crippen MR) is 96.9 cm³/mol. The largest absolute Gasteiger partial charge is 0.381 e. The molecule has 1 aliphatic heterocycles. The number of urea groups is 1. The molecule has 7 nitrogen and oxygen atoms in total. The fourth-order valence-electron chi connectivity index (χ4n) is 3.30. The number of hydrogen-bond acceptors (Lipinski definition) is 5. The first-order valence-corrected chi connectivity index (χ1v) is 10.6. The van der Waals surface area contributed by atoms with Crippen LogP contribution < -0.4 is 9.50 Å². The summed E-state index contributed by atoms with van der Waals surface area (Å²) in [5.41, 5.74) is -0.876. The van der Waals surface area contributed by atoms with Crippen molar-refractivity contribution in [2.45, 2.75) is 37.6 Å². The summed E-state index contributed by atoms with van der Waals surface area (Å²) in [7, 11) is -4.05. The Morgan fingerprint density at radius 1 is 1.15 bits per heavy atom. The molecule has 1 saturated heterocycles. The molecule has 2 fully saturated rings. The normalized spacial score (nSPS) is 19.7. The second kappa shape index (κ2) is 7.25. The Labute approximate surface area is 161 Å². The summed E-state index contributed by atoms with van der Waals surface area (Å²) in [4.78, 5) is 25.7. The Hall–Kier alpha value is -1.51. The van der Waals surface area contributed by atoms with E-state index in [1.807, 2.05) is 0 Å². The minimum absolute atomic E-state index is 0.0530. The molecule has 0 bridgehead atoms. The minimum Gasteiger partial charge on any atom is -0.381 e. The molecule has 1 N–H and O–H groups in total. The van der Waals surface area contributed by atoms with Crippen LogP contribution in [0.4, 0.5) is 4.79 Å².